The summed E-state index contributed by atoms with van der Waals surface area (Å²) in [6.07, 6.45) is 0.811. The molecule has 0 saturated heterocycles. The summed E-state index contributed by atoms with van der Waals surface area (Å²) >= 11 is 0. The summed E-state index contributed by atoms with van der Waals surface area (Å²) in [6.45, 7) is 9.47. The third-order valence-electron chi connectivity index (χ3n) is 3.15. The molecule has 0 bridgehead atoms. The smallest absolute Gasteiger partial charge is 0.229 e. The van der Waals surface area contributed by atoms with Gasteiger partial charge < -0.3 is 10.6 Å². The number of rotatable bonds is 4. The molecular weight excluding hydrogens is 252 g/mol. The third kappa shape index (κ3) is 4.68. The molecule has 0 aliphatic carbocycles. The Labute approximate surface area is 121 Å². The number of amides is 2. The van der Waals surface area contributed by atoms with E-state index in [0.29, 0.717) is 0 Å². The summed E-state index contributed by atoms with van der Waals surface area (Å²) in [5, 5.41) is 5.70. The highest BCUT2D eigenvalue weighted by Crippen LogP contribution is 2.19. The molecule has 0 unspecified atom stereocenters. The van der Waals surface area contributed by atoms with Crippen molar-refractivity contribution in [1.82, 2.24) is 0 Å². The first kappa shape index (κ1) is 16.2. The average molecular weight is 276 g/mol. The highest BCUT2D eigenvalue weighted by Gasteiger charge is 2.21. The van der Waals surface area contributed by atoms with E-state index in [4.69, 9.17) is 0 Å². The van der Waals surface area contributed by atoms with Crippen molar-refractivity contribution in [1.29, 1.82) is 0 Å². The minimum absolute atomic E-state index is 0.00438. The predicted octanol–water partition coefficient (Wildman–Crippen LogP) is 3.66. The molecular formula is C16H24N2O2. The lowest BCUT2D eigenvalue weighted by Crippen LogP contribution is -2.27. The van der Waals surface area contributed by atoms with Gasteiger partial charge in [0.1, 0.15) is 0 Å². The lowest BCUT2D eigenvalue weighted by Gasteiger charge is -2.18. The van der Waals surface area contributed by atoms with Crippen molar-refractivity contribution < 1.29 is 9.59 Å². The fraction of sp³-hybridized carbons (Fsp3) is 0.500. The topological polar surface area (TPSA) is 58.2 Å². The molecule has 20 heavy (non-hydrogen) atoms. The lowest BCUT2D eigenvalue weighted by atomic mass is 9.95. The number of anilines is 2. The van der Waals surface area contributed by atoms with E-state index in [1.54, 1.807) is 24.3 Å². The van der Waals surface area contributed by atoms with E-state index in [0.717, 1.165) is 17.8 Å². The molecule has 1 rings (SSSR count). The molecule has 0 fully saturated rings. The first-order valence-corrected chi connectivity index (χ1v) is 6.96. The normalized spacial score (nSPS) is 12.7. The van der Waals surface area contributed by atoms with Gasteiger partial charge in [0.05, 0.1) is 0 Å². The van der Waals surface area contributed by atoms with Gasteiger partial charge in [-0.3, -0.25) is 9.59 Å². The van der Waals surface area contributed by atoms with Crippen LogP contribution in [0.3, 0.4) is 0 Å². The van der Waals surface area contributed by atoms with Gasteiger partial charge in [-0.05, 0) is 30.7 Å². The van der Waals surface area contributed by atoms with Crippen LogP contribution in [0.1, 0.15) is 41.0 Å². The fourth-order valence-corrected chi connectivity index (χ4v) is 1.41. The van der Waals surface area contributed by atoms with Crippen LogP contribution in [0, 0.1) is 11.3 Å². The zero-order valence-electron chi connectivity index (χ0n) is 12.9. The van der Waals surface area contributed by atoms with E-state index in [9.17, 15) is 9.59 Å². The van der Waals surface area contributed by atoms with Gasteiger partial charge in [0.25, 0.3) is 0 Å². The van der Waals surface area contributed by atoms with Crippen LogP contribution in [0.4, 0.5) is 11.4 Å². The zero-order chi connectivity index (χ0) is 15.3. The lowest BCUT2D eigenvalue weighted by molar-refractivity contribution is -0.123. The highest BCUT2D eigenvalue weighted by atomic mass is 16.2. The van der Waals surface area contributed by atoms with Crippen molar-refractivity contribution in [2.24, 2.45) is 11.3 Å². The number of benzene rings is 1. The van der Waals surface area contributed by atoms with Crippen LogP contribution in [0.15, 0.2) is 24.3 Å². The van der Waals surface area contributed by atoms with Gasteiger partial charge in [-0.1, -0.05) is 34.6 Å². The maximum absolute atomic E-state index is 11.8. The average Bonchev–Trinajstić information content (AvgIpc) is 2.38. The van der Waals surface area contributed by atoms with E-state index >= 15 is 0 Å². The Bertz CT molecular complexity index is 472. The first-order valence-electron chi connectivity index (χ1n) is 6.96. The second-order valence-corrected chi connectivity index (χ2v) is 6.08. The number of hydrogen-bond acceptors (Lipinski definition) is 2. The van der Waals surface area contributed by atoms with Crippen LogP contribution in [0.2, 0.25) is 0 Å². The van der Waals surface area contributed by atoms with Crippen LogP contribution in [-0.2, 0) is 9.59 Å². The molecule has 0 aliphatic rings. The van der Waals surface area contributed by atoms with Gasteiger partial charge in [0, 0.05) is 22.7 Å². The summed E-state index contributed by atoms with van der Waals surface area (Å²) in [7, 11) is 0. The van der Waals surface area contributed by atoms with E-state index < -0.39 is 5.41 Å². The van der Waals surface area contributed by atoms with Gasteiger partial charge in [-0.2, -0.15) is 0 Å². The first-order chi connectivity index (χ1) is 9.24. The molecule has 2 N–H and O–H groups in total. The van der Waals surface area contributed by atoms with E-state index in [1.807, 2.05) is 34.6 Å². The Morgan fingerprint density at radius 2 is 1.50 bits per heavy atom. The summed E-state index contributed by atoms with van der Waals surface area (Å²) < 4.78 is 0. The third-order valence-corrected chi connectivity index (χ3v) is 3.15. The van der Waals surface area contributed by atoms with E-state index in [1.165, 1.54) is 0 Å². The Kier molecular flexibility index (Phi) is 5.31. The largest absolute Gasteiger partial charge is 0.326 e. The molecule has 0 aromatic heterocycles. The van der Waals surface area contributed by atoms with Crippen LogP contribution >= 0.6 is 0 Å². The molecule has 1 atom stereocenters. The maximum atomic E-state index is 11.8. The molecule has 4 heteroatoms. The van der Waals surface area contributed by atoms with Gasteiger partial charge in [0.2, 0.25) is 11.8 Å². The number of nitrogens with one attached hydrogen (secondary N) is 2. The quantitative estimate of drug-likeness (QED) is 0.881. The van der Waals surface area contributed by atoms with Crippen LogP contribution in [0.25, 0.3) is 0 Å². The number of hydrogen-bond donors (Lipinski definition) is 2. The van der Waals surface area contributed by atoms with Crippen LogP contribution < -0.4 is 10.6 Å². The minimum Gasteiger partial charge on any atom is -0.326 e. The fourth-order valence-electron chi connectivity index (χ4n) is 1.41. The molecule has 4 nitrogen and oxygen atoms in total. The van der Waals surface area contributed by atoms with E-state index in [2.05, 4.69) is 10.6 Å². The Morgan fingerprint density at radius 3 is 1.90 bits per heavy atom. The minimum atomic E-state index is -0.427. The molecule has 1 aromatic rings. The summed E-state index contributed by atoms with van der Waals surface area (Å²) in [5.41, 5.74) is 1.04. The van der Waals surface area contributed by atoms with Crippen molar-refractivity contribution >= 4 is 23.2 Å². The molecule has 0 radical (unpaired) electrons. The van der Waals surface area contributed by atoms with E-state index in [-0.39, 0.29) is 17.7 Å². The van der Waals surface area contributed by atoms with Crippen molar-refractivity contribution in [2.45, 2.75) is 41.0 Å². The molecule has 2 amide bonds. The summed E-state index contributed by atoms with van der Waals surface area (Å²) in [4.78, 5) is 23.6. The van der Waals surface area contributed by atoms with Gasteiger partial charge in [0.15, 0.2) is 0 Å². The standard InChI is InChI=1S/C16H24N2O2/c1-6-11(2)14(19)17-12-7-9-13(10-8-12)18-15(20)16(3,4)5/h7-11H,6H2,1-5H3,(H,17,19)(H,18,20)/t11-/m0/s1. The molecule has 110 valence electrons. The molecule has 0 spiro atoms. The Balaban J connectivity index is 2.65. The second kappa shape index (κ2) is 6.55. The highest BCUT2D eigenvalue weighted by molar-refractivity contribution is 5.95. The number of carbonyl (C=O) groups is 2. The molecule has 1 aromatic carbocycles. The molecule has 0 saturated carbocycles. The summed E-state index contributed by atoms with van der Waals surface area (Å²) in [6, 6.07) is 7.16. The SMILES string of the molecule is CC[C@H](C)C(=O)Nc1ccc(NC(=O)C(C)(C)C)cc1. The van der Waals surface area contributed by atoms with Crippen molar-refractivity contribution in [3.63, 3.8) is 0 Å². The second-order valence-electron chi connectivity index (χ2n) is 6.08. The van der Waals surface area contributed by atoms with Crippen LogP contribution in [-0.4, -0.2) is 11.8 Å². The molecule has 0 aliphatic heterocycles. The monoisotopic (exact) mass is 276 g/mol. The Morgan fingerprint density at radius 1 is 1.05 bits per heavy atom. The number of carbonyl (C=O) groups excluding carboxylic acids is 2. The van der Waals surface area contributed by atoms with Crippen LogP contribution in [0.5, 0.6) is 0 Å². The van der Waals surface area contributed by atoms with Crippen molar-refractivity contribution in [3.05, 3.63) is 24.3 Å². The molecule has 0 heterocycles. The van der Waals surface area contributed by atoms with Gasteiger partial charge in [-0.25, -0.2) is 0 Å². The van der Waals surface area contributed by atoms with Gasteiger partial charge in [-0.15, -0.1) is 0 Å². The van der Waals surface area contributed by atoms with Crippen molar-refractivity contribution in [2.75, 3.05) is 10.6 Å². The summed E-state index contributed by atoms with van der Waals surface area (Å²) in [5.74, 6) is -0.0249. The van der Waals surface area contributed by atoms with Gasteiger partial charge >= 0.3 is 0 Å². The maximum Gasteiger partial charge on any atom is 0.229 e. The Hall–Kier alpha value is -1.84. The van der Waals surface area contributed by atoms with Crippen molar-refractivity contribution in [3.8, 4) is 0 Å². The zero-order valence-corrected chi connectivity index (χ0v) is 12.9. The predicted molar refractivity (Wildman–Crippen MR) is 82.6 cm³/mol.